The van der Waals surface area contributed by atoms with Gasteiger partial charge in [0.2, 0.25) is 0 Å². The smallest absolute Gasteiger partial charge is 0.263 e. The van der Waals surface area contributed by atoms with Crippen molar-refractivity contribution in [3.63, 3.8) is 0 Å². The molecule has 25 heavy (non-hydrogen) atoms. The highest BCUT2D eigenvalue weighted by Crippen LogP contribution is 2.33. The van der Waals surface area contributed by atoms with Crippen molar-refractivity contribution < 1.29 is 14.3 Å². The number of carbonyl (C=O) groups excluding carboxylic acids is 2. The third-order valence-electron chi connectivity index (χ3n) is 4.38. The lowest BCUT2D eigenvalue weighted by atomic mass is 10.1. The van der Waals surface area contributed by atoms with Gasteiger partial charge < -0.3 is 4.74 Å². The molecule has 2 amide bonds. The van der Waals surface area contributed by atoms with E-state index >= 15 is 0 Å². The van der Waals surface area contributed by atoms with Crippen molar-refractivity contribution in [2.24, 2.45) is 10.3 Å². The van der Waals surface area contributed by atoms with Crippen LogP contribution in [0.3, 0.4) is 0 Å². The molecule has 1 fully saturated rings. The topological polar surface area (TPSA) is 74.6 Å². The summed E-state index contributed by atoms with van der Waals surface area (Å²) in [4.78, 5) is 26.7. The van der Waals surface area contributed by atoms with E-state index in [2.05, 4.69) is 10.3 Å². The number of methoxy groups -OCH3 is 1. The molecular weight excluding hydrogens is 320 g/mol. The largest absolute Gasteiger partial charge is 0.497 e. The van der Waals surface area contributed by atoms with Gasteiger partial charge in [0.25, 0.3) is 11.8 Å². The highest BCUT2D eigenvalue weighted by Gasteiger charge is 2.54. The minimum absolute atomic E-state index is 0.305. The standard InChI is InChI=1S/C18H16N4O3/c1-25-14-9-7-13(8-10-14)22-17(23)15-16(18(22)24)21(20-19-15)11-12-5-3-2-4-6-12/h2-10,15-16H,11H2,1H3/t15-,16+/m0/s1. The van der Waals surface area contributed by atoms with Gasteiger partial charge in [0.1, 0.15) is 5.75 Å². The molecule has 1 saturated heterocycles. The monoisotopic (exact) mass is 336 g/mol. The summed E-state index contributed by atoms with van der Waals surface area (Å²) < 4.78 is 5.11. The Labute approximate surface area is 144 Å². The minimum Gasteiger partial charge on any atom is -0.497 e. The quantitative estimate of drug-likeness (QED) is 0.802. The van der Waals surface area contributed by atoms with Crippen molar-refractivity contribution in [2.45, 2.75) is 18.6 Å². The first-order valence-electron chi connectivity index (χ1n) is 7.92. The van der Waals surface area contributed by atoms with Crippen LogP contribution < -0.4 is 9.64 Å². The van der Waals surface area contributed by atoms with Gasteiger partial charge in [-0.1, -0.05) is 35.6 Å². The first kappa shape index (κ1) is 15.3. The van der Waals surface area contributed by atoms with Crippen LogP contribution in [0, 0.1) is 0 Å². The Balaban J connectivity index is 1.59. The summed E-state index contributed by atoms with van der Waals surface area (Å²) in [5.41, 5.74) is 1.52. The predicted octanol–water partition coefficient (Wildman–Crippen LogP) is 2.19. The lowest BCUT2D eigenvalue weighted by Crippen LogP contribution is -2.39. The predicted molar refractivity (Wildman–Crippen MR) is 89.9 cm³/mol. The second-order valence-electron chi connectivity index (χ2n) is 5.89. The summed E-state index contributed by atoms with van der Waals surface area (Å²) in [5.74, 6) is 0.00834. The number of amides is 2. The second-order valence-corrected chi connectivity index (χ2v) is 5.89. The number of fused-ring (bicyclic) bond motifs is 1. The Morgan fingerprint density at radius 3 is 2.40 bits per heavy atom. The molecule has 7 nitrogen and oxygen atoms in total. The zero-order valence-electron chi connectivity index (χ0n) is 13.6. The molecule has 0 aromatic heterocycles. The number of benzene rings is 2. The van der Waals surface area contributed by atoms with E-state index in [4.69, 9.17) is 4.74 Å². The minimum atomic E-state index is -0.779. The Bertz CT molecular complexity index is 835. The van der Waals surface area contributed by atoms with Gasteiger partial charge in [-0.2, -0.15) is 5.11 Å². The Hall–Kier alpha value is -3.22. The van der Waals surface area contributed by atoms with Gasteiger partial charge in [0, 0.05) is 0 Å². The van der Waals surface area contributed by atoms with E-state index < -0.39 is 12.1 Å². The maximum Gasteiger partial charge on any atom is 0.263 e. The van der Waals surface area contributed by atoms with E-state index in [1.54, 1.807) is 36.4 Å². The van der Waals surface area contributed by atoms with E-state index in [1.165, 1.54) is 4.90 Å². The number of anilines is 1. The second kappa shape index (κ2) is 6.01. The maximum absolute atomic E-state index is 12.9. The molecule has 126 valence electrons. The van der Waals surface area contributed by atoms with Gasteiger partial charge >= 0.3 is 0 Å². The van der Waals surface area contributed by atoms with Crippen LogP contribution in [-0.2, 0) is 16.1 Å². The lowest BCUT2D eigenvalue weighted by Gasteiger charge is -2.20. The summed E-state index contributed by atoms with van der Waals surface area (Å²) in [7, 11) is 1.56. The molecule has 4 rings (SSSR count). The number of hydrogen-bond donors (Lipinski definition) is 0. The number of hydrogen-bond acceptors (Lipinski definition) is 6. The van der Waals surface area contributed by atoms with Crippen molar-refractivity contribution in [3.8, 4) is 5.75 Å². The number of carbonyl (C=O) groups is 2. The first-order chi connectivity index (χ1) is 12.2. The van der Waals surface area contributed by atoms with Crippen LogP contribution in [0.1, 0.15) is 5.56 Å². The SMILES string of the molecule is COc1ccc(N2C(=O)[C@H]3N=NN(Cc4ccccc4)[C@H]3C2=O)cc1. The maximum atomic E-state index is 12.9. The average molecular weight is 336 g/mol. The molecule has 2 aliphatic heterocycles. The zero-order valence-corrected chi connectivity index (χ0v) is 13.6. The molecule has 2 atom stereocenters. The Morgan fingerprint density at radius 1 is 1.00 bits per heavy atom. The van der Waals surface area contributed by atoms with E-state index in [9.17, 15) is 9.59 Å². The van der Waals surface area contributed by atoms with Gasteiger partial charge in [-0.3, -0.25) is 14.6 Å². The molecule has 0 saturated carbocycles. The summed E-state index contributed by atoms with van der Waals surface area (Å²) in [6.07, 6.45) is 0. The molecule has 0 N–H and O–H groups in total. The molecule has 2 aromatic rings. The fourth-order valence-electron chi connectivity index (χ4n) is 3.11. The van der Waals surface area contributed by atoms with Crippen molar-refractivity contribution in [1.82, 2.24) is 5.01 Å². The molecule has 2 aromatic carbocycles. The fourth-order valence-corrected chi connectivity index (χ4v) is 3.11. The molecule has 7 heteroatoms. The van der Waals surface area contributed by atoms with E-state index in [1.807, 2.05) is 30.3 Å². The van der Waals surface area contributed by atoms with E-state index in [0.29, 0.717) is 18.0 Å². The van der Waals surface area contributed by atoms with Gasteiger partial charge in [0.15, 0.2) is 12.1 Å². The number of rotatable bonds is 4. The van der Waals surface area contributed by atoms with Crippen molar-refractivity contribution >= 4 is 17.5 Å². The summed E-state index contributed by atoms with van der Waals surface area (Å²) >= 11 is 0. The summed E-state index contributed by atoms with van der Waals surface area (Å²) in [6, 6.07) is 15.0. The van der Waals surface area contributed by atoms with Gasteiger partial charge in [-0.15, -0.1) is 0 Å². The number of ether oxygens (including phenoxy) is 1. The Kier molecular flexibility index (Phi) is 3.68. The number of imide groups is 1. The molecule has 0 aliphatic carbocycles. The van der Waals surface area contributed by atoms with Crippen LogP contribution in [0.4, 0.5) is 5.69 Å². The van der Waals surface area contributed by atoms with Crippen LogP contribution >= 0.6 is 0 Å². The summed E-state index contributed by atoms with van der Waals surface area (Å²) in [5, 5.41) is 9.66. The first-order valence-corrected chi connectivity index (χ1v) is 7.92. The number of nitrogens with zero attached hydrogens (tertiary/aromatic N) is 4. The molecule has 0 radical (unpaired) electrons. The summed E-state index contributed by atoms with van der Waals surface area (Å²) in [6.45, 7) is 0.432. The molecule has 2 heterocycles. The molecule has 0 unspecified atom stereocenters. The van der Waals surface area contributed by atoms with E-state index in [-0.39, 0.29) is 11.8 Å². The third-order valence-corrected chi connectivity index (χ3v) is 4.38. The third kappa shape index (κ3) is 2.53. The van der Waals surface area contributed by atoms with Crippen molar-refractivity contribution in [3.05, 3.63) is 60.2 Å². The van der Waals surface area contributed by atoms with Crippen LogP contribution in [-0.4, -0.2) is 36.0 Å². The van der Waals surface area contributed by atoms with Gasteiger partial charge in [-0.25, -0.2) is 4.90 Å². The highest BCUT2D eigenvalue weighted by molar-refractivity contribution is 6.25. The normalized spacial score (nSPS) is 21.8. The van der Waals surface area contributed by atoms with Gasteiger partial charge in [0.05, 0.1) is 19.3 Å². The van der Waals surface area contributed by atoms with Crippen LogP contribution in [0.25, 0.3) is 0 Å². The lowest BCUT2D eigenvalue weighted by molar-refractivity contribution is -0.123. The van der Waals surface area contributed by atoms with Crippen LogP contribution in [0.15, 0.2) is 64.9 Å². The molecular formula is C18H16N4O3. The van der Waals surface area contributed by atoms with Gasteiger partial charge in [-0.05, 0) is 29.8 Å². The Morgan fingerprint density at radius 2 is 1.72 bits per heavy atom. The van der Waals surface area contributed by atoms with E-state index in [0.717, 1.165) is 5.56 Å². The van der Waals surface area contributed by atoms with Crippen LogP contribution in [0.2, 0.25) is 0 Å². The molecule has 0 bridgehead atoms. The highest BCUT2D eigenvalue weighted by atomic mass is 16.5. The zero-order chi connectivity index (χ0) is 17.4. The van der Waals surface area contributed by atoms with Crippen LogP contribution in [0.5, 0.6) is 5.75 Å². The van der Waals surface area contributed by atoms with Crippen molar-refractivity contribution in [1.29, 1.82) is 0 Å². The van der Waals surface area contributed by atoms with Crippen molar-refractivity contribution in [2.75, 3.05) is 12.0 Å². The molecule has 0 spiro atoms. The fraction of sp³-hybridized carbons (Fsp3) is 0.222. The average Bonchev–Trinajstić information content (AvgIpc) is 3.16. The molecule has 2 aliphatic rings.